The molecule has 1 amide bonds. The summed E-state index contributed by atoms with van der Waals surface area (Å²) in [5, 5.41) is 5.00. The molecule has 0 fully saturated rings. The number of hydrogen-bond acceptors (Lipinski definition) is 5. The molecule has 0 unspecified atom stereocenters. The van der Waals surface area contributed by atoms with Gasteiger partial charge < -0.3 is 14.8 Å². The van der Waals surface area contributed by atoms with Crippen LogP contribution < -0.4 is 5.32 Å². The van der Waals surface area contributed by atoms with Gasteiger partial charge in [0.05, 0.1) is 6.33 Å². The number of anilines is 1. The van der Waals surface area contributed by atoms with Crippen molar-refractivity contribution in [2.75, 3.05) is 31.2 Å². The first-order valence-electron chi connectivity index (χ1n) is 9.22. The fourth-order valence-electron chi connectivity index (χ4n) is 3.23. The number of fused-ring (bicyclic) bond motifs is 1. The highest BCUT2D eigenvalue weighted by Crippen LogP contribution is 2.30. The number of aryl methyl sites for hydroxylation is 1. The van der Waals surface area contributed by atoms with Crippen molar-refractivity contribution >= 4 is 41.3 Å². The van der Waals surface area contributed by atoms with E-state index in [9.17, 15) is 9.59 Å². The summed E-state index contributed by atoms with van der Waals surface area (Å²) < 4.78 is 2.03. The van der Waals surface area contributed by atoms with Gasteiger partial charge in [0.1, 0.15) is 0 Å². The Balaban J connectivity index is 1.87. The monoisotopic (exact) mass is 396 g/mol. The average molecular weight is 397 g/mol. The van der Waals surface area contributed by atoms with Gasteiger partial charge in [-0.1, -0.05) is 12.1 Å². The standard InChI is InChI=1S/C21H24N4O2S/c1-24(12-13-28)21(27)18-5-2-4-17-19(7-6-16(14-26)20(17)18)23-8-3-10-25-11-9-22-15-25/h2,4-7,9,11,14-15,23,28H,3,8,10,12-13H2,1H3. The van der Waals surface area contributed by atoms with E-state index >= 15 is 0 Å². The highest BCUT2D eigenvalue weighted by atomic mass is 32.1. The largest absolute Gasteiger partial charge is 0.384 e. The van der Waals surface area contributed by atoms with E-state index in [2.05, 4.69) is 22.9 Å². The Morgan fingerprint density at radius 2 is 2.18 bits per heavy atom. The van der Waals surface area contributed by atoms with Gasteiger partial charge in [-0.15, -0.1) is 0 Å². The van der Waals surface area contributed by atoms with Crippen LogP contribution in [-0.4, -0.2) is 52.5 Å². The lowest BCUT2D eigenvalue weighted by Crippen LogP contribution is -2.28. The fourth-order valence-corrected chi connectivity index (χ4v) is 3.53. The van der Waals surface area contributed by atoms with Crippen molar-refractivity contribution in [3.05, 3.63) is 60.2 Å². The minimum absolute atomic E-state index is 0.111. The molecule has 146 valence electrons. The normalized spacial score (nSPS) is 10.8. The summed E-state index contributed by atoms with van der Waals surface area (Å²) in [6.07, 6.45) is 7.24. The van der Waals surface area contributed by atoms with Crippen LogP contribution in [-0.2, 0) is 6.54 Å². The molecular weight excluding hydrogens is 372 g/mol. The predicted octanol–water partition coefficient (Wildman–Crippen LogP) is 3.35. The summed E-state index contributed by atoms with van der Waals surface area (Å²) in [6.45, 7) is 2.18. The molecule has 0 radical (unpaired) electrons. The average Bonchev–Trinajstić information content (AvgIpc) is 3.23. The topological polar surface area (TPSA) is 67.2 Å². The summed E-state index contributed by atoms with van der Waals surface area (Å²) in [4.78, 5) is 30.2. The maximum absolute atomic E-state index is 12.9. The molecule has 2 aromatic carbocycles. The van der Waals surface area contributed by atoms with E-state index in [0.717, 1.165) is 36.9 Å². The lowest BCUT2D eigenvalue weighted by molar-refractivity contribution is 0.0805. The van der Waals surface area contributed by atoms with Crippen LogP contribution in [0.15, 0.2) is 49.1 Å². The number of rotatable bonds is 9. The number of benzene rings is 2. The third kappa shape index (κ3) is 4.36. The highest BCUT2D eigenvalue weighted by Gasteiger charge is 2.17. The lowest BCUT2D eigenvalue weighted by Gasteiger charge is -2.19. The minimum atomic E-state index is -0.111. The second-order valence-electron chi connectivity index (χ2n) is 6.58. The van der Waals surface area contributed by atoms with Crippen LogP contribution in [0, 0.1) is 0 Å². The van der Waals surface area contributed by atoms with Crippen molar-refractivity contribution in [3.63, 3.8) is 0 Å². The van der Waals surface area contributed by atoms with E-state index in [0.29, 0.717) is 28.8 Å². The number of carbonyl (C=O) groups is 2. The molecule has 0 atom stereocenters. The molecule has 1 N–H and O–H groups in total. The molecule has 3 aromatic rings. The molecule has 6 nitrogen and oxygen atoms in total. The quantitative estimate of drug-likeness (QED) is 0.331. The molecule has 0 aliphatic rings. The molecule has 7 heteroatoms. The number of carbonyl (C=O) groups excluding carboxylic acids is 2. The predicted molar refractivity (Wildman–Crippen MR) is 115 cm³/mol. The smallest absolute Gasteiger partial charge is 0.254 e. The second kappa shape index (κ2) is 9.41. The molecule has 0 saturated heterocycles. The van der Waals surface area contributed by atoms with Crippen LogP contribution in [0.3, 0.4) is 0 Å². The first kappa shape index (κ1) is 19.9. The molecular formula is C21H24N4O2S. The number of nitrogens with one attached hydrogen (secondary N) is 1. The summed E-state index contributed by atoms with van der Waals surface area (Å²) in [5.74, 6) is 0.470. The second-order valence-corrected chi connectivity index (χ2v) is 7.03. The number of amides is 1. The van der Waals surface area contributed by atoms with Crippen LogP contribution in [0.4, 0.5) is 5.69 Å². The molecule has 0 saturated carbocycles. The van der Waals surface area contributed by atoms with Gasteiger partial charge in [0.2, 0.25) is 0 Å². The summed E-state index contributed by atoms with van der Waals surface area (Å²) in [5.41, 5.74) is 1.96. The summed E-state index contributed by atoms with van der Waals surface area (Å²) >= 11 is 4.20. The molecule has 0 aliphatic heterocycles. The zero-order valence-electron chi connectivity index (χ0n) is 15.8. The zero-order valence-corrected chi connectivity index (χ0v) is 16.7. The Bertz CT molecular complexity index is 956. The third-order valence-electron chi connectivity index (χ3n) is 4.68. The van der Waals surface area contributed by atoms with E-state index < -0.39 is 0 Å². The molecule has 0 bridgehead atoms. The van der Waals surface area contributed by atoms with Gasteiger partial charge in [-0.05, 0) is 24.6 Å². The Labute approximate surface area is 170 Å². The molecule has 0 spiro atoms. The molecule has 0 aliphatic carbocycles. The lowest BCUT2D eigenvalue weighted by atomic mass is 9.97. The van der Waals surface area contributed by atoms with Crippen molar-refractivity contribution in [2.45, 2.75) is 13.0 Å². The number of imidazole rings is 1. The Morgan fingerprint density at radius 3 is 2.89 bits per heavy atom. The van der Waals surface area contributed by atoms with Gasteiger partial charge >= 0.3 is 0 Å². The number of aldehydes is 1. The van der Waals surface area contributed by atoms with Crippen LogP contribution >= 0.6 is 12.6 Å². The first-order valence-corrected chi connectivity index (χ1v) is 9.85. The van der Waals surface area contributed by atoms with Crippen molar-refractivity contribution in [1.82, 2.24) is 14.5 Å². The van der Waals surface area contributed by atoms with Crippen molar-refractivity contribution in [2.24, 2.45) is 0 Å². The first-order chi connectivity index (χ1) is 13.7. The Kier molecular flexibility index (Phi) is 6.71. The summed E-state index contributed by atoms with van der Waals surface area (Å²) in [6, 6.07) is 9.23. The van der Waals surface area contributed by atoms with Gasteiger partial charge in [-0.3, -0.25) is 9.59 Å². The minimum Gasteiger partial charge on any atom is -0.384 e. The number of hydrogen-bond donors (Lipinski definition) is 2. The van der Waals surface area contributed by atoms with E-state index in [4.69, 9.17) is 0 Å². The van der Waals surface area contributed by atoms with Gasteiger partial charge in [0.15, 0.2) is 6.29 Å². The van der Waals surface area contributed by atoms with Gasteiger partial charge in [-0.2, -0.15) is 12.6 Å². The van der Waals surface area contributed by atoms with Crippen molar-refractivity contribution in [1.29, 1.82) is 0 Å². The van der Waals surface area contributed by atoms with Gasteiger partial charge in [-0.25, -0.2) is 4.98 Å². The zero-order chi connectivity index (χ0) is 19.9. The maximum Gasteiger partial charge on any atom is 0.254 e. The van der Waals surface area contributed by atoms with Crippen LogP contribution in [0.2, 0.25) is 0 Å². The third-order valence-corrected chi connectivity index (χ3v) is 4.88. The number of aromatic nitrogens is 2. The van der Waals surface area contributed by atoms with Crippen LogP contribution in [0.5, 0.6) is 0 Å². The van der Waals surface area contributed by atoms with Crippen molar-refractivity contribution < 1.29 is 9.59 Å². The van der Waals surface area contributed by atoms with Gasteiger partial charge in [0.25, 0.3) is 5.91 Å². The van der Waals surface area contributed by atoms with Crippen LogP contribution in [0.25, 0.3) is 10.8 Å². The fraction of sp³-hybridized carbons (Fsp3) is 0.286. The SMILES string of the molecule is CN(CCS)C(=O)c1cccc2c(NCCCn3ccnc3)ccc(C=O)c12. The maximum atomic E-state index is 12.9. The van der Waals surface area contributed by atoms with E-state index in [1.165, 1.54) is 0 Å². The molecule has 3 rings (SSSR count). The Morgan fingerprint density at radius 1 is 1.32 bits per heavy atom. The van der Waals surface area contributed by atoms with Crippen LogP contribution in [0.1, 0.15) is 27.1 Å². The van der Waals surface area contributed by atoms with Gasteiger partial charge in [0, 0.05) is 72.4 Å². The molecule has 28 heavy (non-hydrogen) atoms. The molecule has 1 aromatic heterocycles. The number of nitrogens with zero attached hydrogens (tertiary/aromatic N) is 3. The highest BCUT2D eigenvalue weighted by molar-refractivity contribution is 7.80. The van der Waals surface area contributed by atoms with E-state index in [1.807, 2.05) is 29.0 Å². The number of thiol groups is 1. The van der Waals surface area contributed by atoms with E-state index in [-0.39, 0.29) is 5.91 Å². The molecule has 1 heterocycles. The van der Waals surface area contributed by atoms with Crippen molar-refractivity contribution in [3.8, 4) is 0 Å². The summed E-state index contributed by atoms with van der Waals surface area (Å²) in [7, 11) is 1.75. The Hall–Kier alpha value is -2.80. The van der Waals surface area contributed by atoms with E-state index in [1.54, 1.807) is 36.6 Å².